The molecule has 1 spiro atoms. The second-order valence-electron chi connectivity index (χ2n) is 25.2. The zero-order chi connectivity index (χ0) is 60.1. The van der Waals surface area contributed by atoms with Crippen LogP contribution in [0, 0.1) is 40.4 Å². The first-order chi connectivity index (χ1) is 39.1. The van der Waals surface area contributed by atoms with Crippen LogP contribution < -0.4 is 0 Å². The molecule has 4 aliphatic carbocycles. The second-order valence-corrected chi connectivity index (χ2v) is 25.2. The van der Waals surface area contributed by atoms with E-state index in [0.29, 0.717) is 31.3 Å². The molecule has 9 fully saturated rings. The number of ether oxygens (including phenoxy) is 14. The second kappa shape index (κ2) is 24.0. The molecule has 0 aromatic heterocycles. The molecule has 0 bridgehead atoms. The third-order valence-corrected chi connectivity index (χ3v) is 20.1. The van der Waals surface area contributed by atoms with E-state index in [1.807, 2.05) is 6.92 Å². The fraction of sp³-hybridized carbons (Fsp3) is 0.860. The number of rotatable bonds is 12. The lowest BCUT2D eigenvalue weighted by Gasteiger charge is -2.60. The van der Waals surface area contributed by atoms with Crippen molar-refractivity contribution in [3.63, 3.8) is 0 Å². The molecule has 6 aliphatic heterocycles. The van der Waals surface area contributed by atoms with E-state index >= 15 is 0 Å². The Bertz CT molecular complexity index is 2440. The Morgan fingerprint density at radius 3 is 1.95 bits per heavy atom. The van der Waals surface area contributed by atoms with Crippen LogP contribution >= 0.6 is 0 Å². The monoisotopic (exact) mass is 1180 g/mol. The van der Waals surface area contributed by atoms with Gasteiger partial charge in [0, 0.05) is 45.4 Å². The Morgan fingerprint density at radius 2 is 1.27 bits per heavy atom. The maximum absolute atomic E-state index is 12.9. The number of aliphatic hydroxyl groups excluding tert-OH is 8. The van der Waals surface area contributed by atoms with Gasteiger partial charge in [-0.05, 0) is 80.6 Å². The lowest BCUT2D eigenvalue weighted by molar-refractivity contribution is -0.382. The lowest BCUT2D eigenvalue weighted by Crippen LogP contribution is -2.66. The van der Waals surface area contributed by atoms with Gasteiger partial charge in [0.25, 0.3) is 0 Å². The van der Waals surface area contributed by atoms with Gasteiger partial charge in [0.15, 0.2) is 49.6 Å². The maximum Gasteiger partial charge on any atom is 0.303 e. The molecule has 6 saturated heterocycles. The Balaban J connectivity index is 0.929. The van der Waals surface area contributed by atoms with E-state index in [0.717, 1.165) is 39.7 Å². The molecule has 10 aliphatic rings. The summed E-state index contributed by atoms with van der Waals surface area (Å²) in [5.74, 6) is -5.05. The summed E-state index contributed by atoms with van der Waals surface area (Å²) in [6.07, 6.45) is -25.8. The molecule has 6 heterocycles. The van der Waals surface area contributed by atoms with Crippen LogP contribution in [0.25, 0.3) is 0 Å². The topological polar surface area (TPSA) is 359 Å². The molecule has 0 radical (unpaired) electrons. The van der Waals surface area contributed by atoms with E-state index in [9.17, 15) is 60.0 Å². The SMILES string of the molecule is C=C1CO[C@@]2(O[C@H]3C[C@H]4[C@@H]5CC=C6C[C@@H](O)C[C@@H](O[C@@H]7OC[C@H](O)[C@H](O[C@@H]8OC[C@@H](OC(C)=O)[C@H](O)[C@H]8O)[C@H]7O[C@@H]7O[C@@H](C)[C@H](OC(C)=O)[C@@H](OC(C)=O)[C@H]7OC(C)=O)[C@]6(C)[C@H]5CC[C@]4(C)[C@H]3[C@@H]2C)[C@@H](O)[C@H]1O[C@@H]1O[C@H](C)[C@H](O)[C@H](O)[C@H]1O. The standard InChI is InChI=1S/C57H84O26/c1-21-18-72-57(50(69)44(21)80-52-43(68)41(66)39(64)23(3)73-52)22(2)38-35(83-57)17-33-31-12-11-29-15-30(62)16-37(56(29,10)32(31)13-14-55(33,38)9)79-53-48(46(34(63)19-70-53)81-51-42(67)40(65)36(20-71-51)75-25(5)58)82-54-49(78-28(8)61)47(77-27(7)60)45(24(4)74-54)76-26(6)59/h11,22-24,30-54,62-69H,1,12-20H2,2-10H3/t22-,23+,24-,30+,31+,32-,33-,34-,35-,36+,37+,38-,39-,40-,41-,42+,43+,44-,45-,46-,47+,48+,49+,50-,51-,52-,53-,54-,55-,56-,57-/m0/s1. The number of hydrogen-bond donors (Lipinski definition) is 8. The molecule has 31 atom stereocenters. The van der Waals surface area contributed by atoms with Crippen LogP contribution in [0.5, 0.6) is 0 Å². The molecule has 3 saturated carbocycles. The highest BCUT2D eigenvalue weighted by molar-refractivity contribution is 5.68. The van der Waals surface area contributed by atoms with Gasteiger partial charge in [-0.3, -0.25) is 19.2 Å². The molecule has 26 nitrogen and oxygen atoms in total. The van der Waals surface area contributed by atoms with Crippen molar-refractivity contribution >= 4 is 23.9 Å². The smallest absolute Gasteiger partial charge is 0.303 e. The van der Waals surface area contributed by atoms with Crippen molar-refractivity contribution in [2.24, 2.45) is 40.4 Å². The van der Waals surface area contributed by atoms with E-state index in [2.05, 4.69) is 26.5 Å². The molecule has 26 heteroatoms. The van der Waals surface area contributed by atoms with Crippen molar-refractivity contribution in [1.29, 1.82) is 0 Å². The predicted molar refractivity (Wildman–Crippen MR) is 276 cm³/mol. The van der Waals surface area contributed by atoms with E-state index in [4.69, 9.17) is 66.3 Å². The molecule has 0 amide bonds. The Kier molecular flexibility index (Phi) is 18.1. The summed E-state index contributed by atoms with van der Waals surface area (Å²) < 4.78 is 86.2. The molecule has 0 aromatic carbocycles. The van der Waals surface area contributed by atoms with Gasteiger partial charge >= 0.3 is 23.9 Å². The van der Waals surface area contributed by atoms with Crippen LogP contribution in [0.2, 0.25) is 0 Å². The number of carbonyl (C=O) groups is 4. The normalized spacial score (nSPS) is 51.3. The number of esters is 4. The minimum absolute atomic E-state index is 0.0239. The van der Waals surface area contributed by atoms with Gasteiger partial charge in [0.1, 0.15) is 61.0 Å². The average molecular weight is 1190 g/mol. The van der Waals surface area contributed by atoms with E-state index in [-0.39, 0.29) is 54.1 Å². The van der Waals surface area contributed by atoms with Gasteiger partial charge in [0.2, 0.25) is 5.79 Å². The van der Waals surface area contributed by atoms with Crippen LogP contribution in [0.3, 0.4) is 0 Å². The van der Waals surface area contributed by atoms with Gasteiger partial charge in [-0.25, -0.2) is 0 Å². The summed E-state index contributed by atoms with van der Waals surface area (Å²) in [5, 5.41) is 90.0. The third kappa shape index (κ3) is 11.2. The van der Waals surface area contributed by atoms with Crippen molar-refractivity contribution in [3.8, 4) is 0 Å². The Morgan fingerprint density at radius 1 is 0.639 bits per heavy atom. The first kappa shape index (κ1) is 62.7. The summed E-state index contributed by atoms with van der Waals surface area (Å²) in [5.41, 5.74) is 0.274. The Hall–Kier alpha value is -3.36. The maximum atomic E-state index is 12.9. The molecule has 10 rings (SSSR count). The average Bonchev–Trinajstić information content (AvgIpc) is 2.52. The highest BCUT2D eigenvalue weighted by atomic mass is 16.8. The van der Waals surface area contributed by atoms with E-state index < -0.39 is 183 Å². The number of aliphatic hydroxyl groups is 8. The van der Waals surface area contributed by atoms with Crippen molar-refractivity contribution < 1.29 is 126 Å². The minimum Gasteiger partial charge on any atom is -0.457 e. The summed E-state index contributed by atoms with van der Waals surface area (Å²) in [6.45, 7) is 17.2. The highest BCUT2D eigenvalue weighted by Gasteiger charge is 2.72. The van der Waals surface area contributed by atoms with Gasteiger partial charge in [0.05, 0.1) is 50.3 Å². The molecule has 0 unspecified atom stereocenters. The van der Waals surface area contributed by atoms with Crippen LogP contribution in [0.4, 0.5) is 0 Å². The van der Waals surface area contributed by atoms with Gasteiger partial charge in [-0.1, -0.05) is 39.0 Å². The first-order valence-electron chi connectivity index (χ1n) is 29.1. The number of hydrogen-bond acceptors (Lipinski definition) is 26. The Labute approximate surface area is 480 Å². The van der Waals surface area contributed by atoms with Crippen molar-refractivity contribution in [1.82, 2.24) is 0 Å². The number of fused-ring (bicyclic) bond motifs is 7. The largest absolute Gasteiger partial charge is 0.457 e. The molecular formula is C57H84O26. The quantitative estimate of drug-likeness (QED) is 0.0691. The van der Waals surface area contributed by atoms with Crippen molar-refractivity contribution in [2.45, 2.75) is 248 Å². The number of allylic oxidation sites excluding steroid dienone is 1. The molecule has 8 N–H and O–H groups in total. The third-order valence-electron chi connectivity index (χ3n) is 20.1. The van der Waals surface area contributed by atoms with Crippen LogP contribution in [-0.4, -0.2) is 231 Å². The number of carbonyl (C=O) groups excluding carboxylic acids is 4. The molecular weight excluding hydrogens is 1100 g/mol. The fourth-order valence-corrected chi connectivity index (χ4v) is 16.2. The van der Waals surface area contributed by atoms with Crippen LogP contribution in [0.1, 0.15) is 101 Å². The molecule has 468 valence electrons. The summed E-state index contributed by atoms with van der Waals surface area (Å²) >= 11 is 0. The zero-order valence-electron chi connectivity index (χ0n) is 48.2. The van der Waals surface area contributed by atoms with Crippen molar-refractivity contribution in [3.05, 3.63) is 23.8 Å². The van der Waals surface area contributed by atoms with E-state index in [1.54, 1.807) is 6.92 Å². The van der Waals surface area contributed by atoms with Gasteiger partial charge in [-0.2, -0.15) is 0 Å². The minimum atomic E-state index is -1.84. The van der Waals surface area contributed by atoms with E-state index in [1.165, 1.54) is 6.92 Å². The summed E-state index contributed by atoms with van der Waals surface area (Å²) in [4.78, 5) is 49.8. The highest BCUT2D eigenvalue weighted by Crippen LogP contribution is 2.71. The van der Waals surface area contributed by atoms with Gasteiger partial charge < -0.3 is 107 Å². The lowest BCUT2D eigenvalue weighted by atomic mass is 9.46. The van der Waals surface area contributed by atoms with Crippen molar-refractivity contribution in [2.75, 3.05) is 19.8 Å². The van der Waals surface area contributed by atoms with Crippen LogP contribution in [-0.2, 0) is 85.5 Å². The molecule has 0 aromatic rings. The van der Waals surface area contributed by atoms with Crippen LogP contribution in [0.15, 0.2) is 23.8 Å². The molecule has 83 heavy (non-hydrogen) atoms. The fourth-order valence-electron chi connectivity index (χ4n) is 16.2. The summed E-state index contributed by atoms with van der Waals surface area (Å²) in [7, 11) is 0. The zero-order valence-corrected chi connectivity index (χ0v) is 48.2. The predicted octanol–water partition coefficient (Wildman–Crippen LogP) is -0.540. The first-order valence-corrected chi connectivity index (χ1v) is 29.1. The van der Waals surface area contributed by atoms with Gasteiger partial charge in [-0.15, -0.1) is 0 Å². The summed E-state index contributed by atoms with van der Waals surface area (Å²) in [6, 6.07) is 0.